The van der Waals surface area contributed by atoms with E-state index in [4.69, 9.17) is 0 Å². The molecule has 0 spiro atoms. The van der Waals surface area contributed by atoms with E-state index in [9.17, 15) is 26.9 Å². The molecule has 11 heteroatoms. The highest BCUT2D eigenvalue weighted by atomic mass is 32.2. The molecule has 3 aromatic carbocycles. The molecule has 0 aliphatic heterocycles. The van der Waals surface area contributed by atoms with Crippen LogP contribution in [0.1, 0.15) is 16.7 Å². The van der Waals surface area contributed by atoms with Gasteiger partial charge in [-0.15, -0.1) is 0 Å². The van der Waals surface area contributed by atoms with Crippen molar-refractivity contribution in [1.82, 2.24) is 0 Å². The van der Waals surface area contributed by atoms with Crippen molar-refractivity contribution in [3.8, 4) is 0 Å². The molecule has 0 saturated carbocycles. The normalized spacial score (nSPS) is 11.7. The van der Waals surface area contributed by atoms with E-state index in [1.54, 1.807) is 26.0 Å². The van der Waals surface area contributed by atoms with Crippen LogP contribution < -0.4 is 9.44 Å². The topological polar surface area (TPSA) is 135 Å². The zero-order chi connectivity index (χ0) is 23.7. The molecule has 0 aliphatic carbocycles. The second kappa shape index (κ2) is 8.60. The molecule has 0 bridgehead atoms. The number of aryl methyl sites for hydroxylation is 3. The molecule has 168 valence electrons. The average molecular weight is 476 g/mol. The van der Waals surface area contributed by atoms with Gasteiger partial charge >= 0.3 is 0 Å². The zero-order valence-electron chi connectivity index (χ0n) is 17.5. The van der Waals surface area contributed by atoms with E-state index in [1.807, 2.05) is 13.0 Å². The van der Waals surface area contributed by atoms with E-state index in [-0.39, 0.29) is 10.6 Å². The number of nitrogens with one attached hydrogen (secondary N) is 2. The van der Waals surface area contributed by atoms with Crippen molar-refractivity contribution >= 4 is 37.1 Å². The third kappa shape index (κ3) is 4.89. The SMILES string of the molecule is Cc1ccc(NS(=O)(=O)c2ccc(C)c(NS(=O)(=O)c3ccccc3[N+](=O)[O-])c2)c(C)c1. The summed E-state index contributed by atoms with van der Waals surface area (Å²) in [7, 11) is -8.37. The molecule has 0 atom stereocenters. The number of sulfonamides is 2. The van der Waals surface area contributed by atoms with E-state index < -0.39 is 35.6 Å². The first-order valence-electron chi connectivity index (χ1n) is 9.38. The fourth-order valence-corrected chi connectivity index (χ4v) is 5.50. The Morgan fingerprint density at radius 2 is 1.41 bits per heavy atom. The first-order chi connectivity index (χ1) is 14.9. The highest BCUT2D eigenvalue weighted by molar-refractivity contribution is 7.93. The molecule has 0 unspecified atom stereocenters. The highest BCUT2D eigenvalue weighted by Gasteiger charge is 2.26. The van der Waals surface area contributed by atoms with E-state index in [0.29, 0.717) is 11.3 Å². The fourth-order valence-electron chi connectivity index (χ4n) is 3.04. The fraction of sp³-hybridized carbons (Fsp3) is 0.143. The molecule has 32 heavy (non-hydrogen) atoms. The summed E-state index contributed by atoms with van der Waals surface area (Å²) in [6.45, 7) is 5.25. The molecule has 0 aliphatic rings. The number of hydrogen-bond acceptors (Lipinski definition) is 6. The quantitative estimate of drug-likeness (QED) is 0.390. The minimum atomic E-state index is -4.35. The molecular weight excluding hydrogens is 454 g/mol. The van der Waals surface area contributed by atoms with E-state index in [2.05, 4.69) is 9.44 Å². The van der Waals surface area contributed by atoms with Gasteiger partial charge in [-0.05, 0) is 56.2 Å². The van der Waals surface area contributed by atoms with Crippen molar-refractivity contribution in [3.63, 3.8) is 0 Å². The lowest BCUT2D eigenvalue weighted by Gasteiger charge is -2.14. The van der Waals surface area contributed by atoms with Crippen LogP contribution in [0.25, 0.3) is 0 Å². The van der Waals surface area contributed by atoms with Gasteiger partial charge in [0.1, 0.15) is 0 Å². The Kier molecular flexibility index (Phi) is 6.24. The van der Waals surface area contributed by atoms with Gasteiger partial charge in [-0.2, -0.15) is 0 Å². The number of nitro benzene ring substituents is 1. The first kappa shape index (κ1) is 23.2. The Morgan fingerprint density at radius 3 is 2.06 bits per heavy atom. The lowest BCUT2D eigenvalue weighted by atomic mass is 10.1. The summed E-state index contributed by atoms with van der Waals surface area (Å²) in [5.41, 5.74) is 1.96. The van der Waals surface area contributed by atoms with E-state index in [1.165, 1.54) is 30.3 Å². The number of anilines is 2. The van der Waals surface area contributed by atoms with Crippen molar-refractivity contribution < 1.29 is 21.8 Å². The molecule has 3 aromatic rings. The van der Waals surface area contributed by atoms with Crippen LogP contribution in [0.5, 0.6) is 0 Å². The van der Waals surface area contributed by atoms with Gasteiger partial charge in [0.25, 0.3) is 25.7 Å². The van der Waals surface area contributed by atoms with Crippen LogP contribution in [0, 0.1) is 30.9 Å². The molecule has 0 heterocycles. The van der Waals surface area contributed by atoms with Gasteiger partial charge in [0, 0.05) is 6.07 Å². The Hall–Kier alpha value is -3.44. The van der Waals surface area contributed by atoms with Crippen LogP contribution in [0.15, 0.2) is 70.5 Å². The minimum Gasteiger partial charge on any atom is -0.279 e. The number of rotatable bonds is 7. The standard InChI is InChI=1S/C21H21N3O6S2/c1-14-8-11-18(16(3)12-14)22-31(27,28)17-10-9-15(2)19(13-17)23-32(29,30)21-7-5-4-6-20(21)24(25)26/h4-13,22-23H,1-3H3. The van der Waals surface area contributed by atoms with Gasteiger partial charge in [0.2, 0.25) is 0 Å². The minimum absolute atomic E-state index is 0.00773. The second-order valence-corrected chi connectivity index (χ2v) is 10.6. The van der Waals surface area contributed by atoms with Gasteiger partial charge < -0.3 is 0 Å². The smallest absolute Gasteiger partial charge is 0.279 e. The summed E-state index contributed by atoms with van der Waals surface area (Å²) in [6.07, 6.45) is 0. The van der Waals surface area contributed by atoms with E-state index in [0.717, 1.165) is 23.3 Å². The number of nitro groups is 1. The summed E-state index contributed by atoms with van der Waals surface area (Å²) < 4.78 is 56.2. The van der Waals surface area contributed by atoms with Crippen LogP contribution in [0.3, 0.4) is 0 Å². The molecule has 2 N–H and O–H groups in total. The summed E-state index contributed by atoms with van der Waals surface area (Å²) in [4.78, 5) is 9.74. The van der Waals surface area contributed by atoms with Crippen molar-refractivity contribution in [3.05, 3.63) is 87.5 Å². The van der Waals surface area contributed by atoms with Crippen LogP contribution in [-0.2, 0) is 20.0 Å². The van der Waals surface area contributed by atoms with Gasteiger partial charge in [-0.1, -0.05) is 35.9 Å². The Bertz CT molecular complexity index is 1420. The second-order valence-electron chi connectivity index (χ2n) is 7.23. The third-order valence-corrected chi connectivity index (χ3v) is 7.52. The number of nitrogens with zero attached hydrogens (tertiary/aromatic N) is 1. The molecule has 0 fully saturated rings. The van der Waals surface area contributed by atoms with Crippen LogP contribution in [0.2, 0.25) is 0 Å². The molecule has 9 nitrogen and oxygen atoms in total. The summed E-state index contributed by atoms with van der Waals surface area (Å²) in [5.74, 6) is 0. The Morgan fingerprint density at radius 1 is 0.750 bits per heavy atom. The molecule has 3 rings (SSSR count). The van der Waals surface area contributed by atoms with Crippen molar-refractivity contribution in [1.29, 1.82) is 0 Å². The zero-order valence-corrected chi connectivity index (χ0v) is 19.1. The lowest BCUT2D eigenvalue weighted by Crippen LogP contribution is -2.17. The first-order valence-corrected chi connectivity index (χ1v) is 12.3. The summed E-state index contributed by atoms with van der Waals surface area (Å²) in [5, 5.41) is 11.2. The van der Waals surface area contributed by atoms with E-state index >= 15 is 0 Å². The number of benzene rings is 3. The number of para-hydroxylation sites is 1. The molecule has 0 radical (unpaired) electrons. The highest BCUT2D eigenvalue weighted by Crippen LogP contribution is 2.29. The Balaban J connectivity index is 1.98. The van der Waals surface area contributed by atoms with Crippen LogP contribution in [-0.4, -0.2) is 21.8 Å². The van der Waals surface area contributed by atoms with Gasteiger partial charge in [-0.25, -0.2) is 16.8 Å². The molecular formula is C21H21N3O6S2. The third-order valence-electron chi connectivity index (χ3n) is 4.74. The monoisotopic (exact) mass is 475 g/mol. The maximum Gasteiger partial charge on any atom is 0.289 e. The maximum absolute atomic E-state index is 12.9. The Labute approximate surface area is 186 Å². The molecule has 0 amide bonds. The predicted octanol–water partition coefficient (Wildman–Crippen LogP) is 4.12. The summed E-state index contributed by atoms with van der Waals surface area (Å²) in [6, 6.07) is 14.1. The van der Waals surface area contributed by atoms with Crippen molar-refractivity contribution in [2.75, 3.05) is 9.44 Å². The van der Waals surface area contributed by atoms with Gasteiger partial charge in [-0.3, -0.25) is 19.6 Å². The van der Waals surface area contributed by atoms with Crippen LogP contribution >= 0.6 is 0 Å². The maximum atomic E-state index is 12.9. The molecule has 0 saturated heterocycles. The number of hydrogen-bond donors (Lipinski definition) is 2. The largest absolute Gasteiger partial charge is 0.289 e. The van der Waals surface area contributed by atoms with Gasteiger partial charge in [0.05, 0.1) is 21.2 Å². The van der Waals surface area contributed by atoms with Crippen LogP contribution in [0.4, 0.5) is 17.1 Å². The predicted molar refractivity (Wildman–Crippen MR) is 122 cm³/mol. The average Bonchev–Trinajstić information content (AvgIpc) is 2.71. The van der Waals surface area contributed by atoms with Crippen molar-refractivity contribution in [2.24, 2.45) is 0 Å². The molecule has 0 aromatic heterocycles. The summed E-state index contributed by atoms with van der Waals surface area (Å²) >= 11 is 0. The van der Waals surface area contributed by atoms with Gasteiger partial charge in [0.15, 0.2) is 4.90 Å². The van der Waals surface area contributed by atoms with Crippen molar-refractivity contribution in [2.45, 2.75) is 30.6 Å². The lowest BCUT2D eigenvalue weighted by molar-refractivity contribution is -0.387.